The summed E-state index contributed by atoms with van der Waals surface area (Å²) in [5, 5.41) is 4.83. The van der Waals surface area contributed by atoms with Crippen LogP contribution in [0.15, 0.2) is 39.5 Å². The van der Waals surface area contributed by atoms with Gasteiger partial charge in [0.1, 0.15) is 0 Å². The summed E-state index contributed by atoms with van der Waals surface area (Å²) in [5.74, 6) is 0.789. The van der Waals surface area contributed by atoms with Crippen LogP contribution in [-0.4, -0.2) is 23.2 Å². The van der Waals surface area contributed by atoms with Gasteiger partial charge in [-0.3, -0.25) is 4.99 Å². The number of fused-ring (bicyclic) bond motifs is 2. The summed E-state index contributed by atoms with van der Waals surface area (Å²) in [5.41, 5.74) is 2.86. The highest BCUT2D eigenvalue weighted by Crippen LogP contribution is 2.53. The summed E-state index contributed by atoms with van der Waals surface area (Å²) in [6.45, 7) is 2.00. The summed E-state index contributed by atoms with van der Waals surface area (Å²) in [4.78, 5) is 8.69. The minimum Gasteiger partial charge on any atom is -0.318 e. The first-order chi connectivity index (χ1) is 9.92. The summed E-state index contributed by atoms with van der Waals surface area (Å²) in [6.07, 6.45) is 2.71. The fourth-order valence-corrected chi connectivity index (χ4v) is 5.28. The summed E-state index contributed by atoms with van der Waals surface area (Å²) >= 11 is 3.76. The van der Waals surface area contributed by atoms with E-state index in [0.29, 0.717) is 0 Å². The molecule has 0 saturated heterocycles. The standard InChI is InChI=1S/C16H14N2S2/c1-2-12(11-6-9-19-13(11)3-1)14-15(10-4-5-10)20-16-17-7-8-18(14)16/h1-3,6,9-10H,4-5,7-8H2. The number of thioether (sulfide) groups is 1. The molecule has 1 fully saturated rings. The van der Waals surface area contributed by atoms with Crippen LogP contribution in [0.5, 0.6) is 0 Å². The molecule has 4 heteroatoms. The van der Waals surface area contributed by atoms with E-state index in [2.05, 4.69) is 39.5 Å². The van der Waals surface area contributed by atoms with Gasteiger partial charge in [0, 0.05) is 27.1 Å². The topological polar surface area (TPSA) is 15.6 Å². The summed E-state index contributed by atoms with van der Waals surface area (Å²) in [6, 6.07) is 8.97. The molecule has 1 aromatic heterocycles. The fraction of sp³-hybridized carbons (Fsp3) is 0.312. The van der Waals surface area contributed by atoms with Gasteiger partial charge in [0.05, 0.1) is 12.2 Å². The van der Waals surface area contributed by atoms with Gasteiger partial charge in [0.15, 0.2) is 5.17 Å². The van der Waals surface area contributed by atoms with Gasteiger partial charge >= 0.3 is 0 Å². The number of nitrogens with zero attached hydrogens (tertiary/aromatic N) is 2. The average Bonchev–Trinajstić information content (AvgIpc) is 2.89. The summed E-state index contributed by atoms with van der Waals surface area (Å²) < 4.78 is 1.39. The van der Waals surface area contributed by atoms with Crippen molar-refractivity contribution in [2.24, 2.45) is 10.9 Å². The monoisotopic (exact) mass is 298 g/mol. The lowest BCUT2D eigenvalue weighted by Gasteiger charge is -2.18. The van der Waals surface area contributed by atoms with E-state index in [9.17, 15) is 0 Å². The Kier molecular flexibility index (Phi) is 2.35. The molecule has 20 heavy (non-hydrogen) atoms. The van der Waals surface area contributed by atoms with Gasteiger partial charge in [0.25, 0.3) is 0 Å². The van der Waals surface area contributed by atoms with Crippen molar-refractivity contribution in [2.75, 3.05) is 13.1 Å². The minimum absolute atomic E-state index is 0.789. The highest BCUT2D eigenvalue weighted by molar-refractivity contribution is 8.17. The van der Waals surface area contributed by atoms with Crippen LogP contribution >= 0.6 is 23.1 Å². The Labute approximate surface area is 126 Å². The van der Waals surface area contributed by atoms with Gasteiger partial charge in [-0.1, -0.05) is 23.9 Å². The number of amidine groups is 1. The molecule has 1 aliphatic carbocycles. The Morgan fingerprint density at radius 1 is 1.20 bits per heavy atom. The SMILES string of the molecule is c1cc(C2=C(C3CC3)SC3=NCCN32)c2ccsc2c1. The van der Waals surface area contributed by atoms with E-state index < -0.39 is 0 Å². The maximum Gasteiger partial charge on any atom is 0.168 e. The minimum atomic E-state index is 0.789. The van der Waals surface area contributed by atoms with Gasteiger partial charge in [-0.25, -0.2) is 0 Å². The Balaban J connectivity index is 1.76. The molecule has 100 valence electrons. The van der Waals surface area contributed by atoms with Crippen molar-refractivity contribution < 1.29 is 0 Å². The van der Waals surface area contributed by atoms with E-state index in [0.717, 1.165) is 19.0 Å². The number of rotatable bonds is 2. The van der Waals surface area contributed by atoms with E-state index in [1.807, 2.05) is 23.1 Å². The molecule has 5 rings (SSSR count). The van der Waals surface area contributed by atoms with Gasteiger partial charge in [-0.05, 0) is 36.3 Å². The predicted molar refractivity (Wildman–Crippen MR) is 88.1 cm³/mol. The molecule has 1 aromatic carbocycles. The Morgan fingerprint density at radius 3 is 3.05 bits per heavy atom. The molecule has 0 unspecified atom stereocenters. The molecule has 2 nitrogen and oxygen atoms in total. The molecular formula is C16H14N2S2. The average molecular weight is 298 g/mol. The molecule has 0 atom stereocenters. The van der Waals surface area contributed by atoms with Crippen molar-refractivity contribution >= 4 is 44.0 Å². The van der Waals surface area contributed by atoms with E-state index >= 15 is 0 Å². The van der Waals surface area contributed by atoms with Crippen LogP contribution in [0.3, 0.4) is 0 Å². The maximum absolute atomic E-state index is 4.67. The zero-order valence-electron chi connectivity index (χ0n) is 11.0. The normalized spacial score (nSPS) is 21.8. The van der Waals surface area contributed by atoms with Crippen molar-refractivity contribution in [1.82, 2.24) is 4.90 Å². The van der Waals surface area contributed by atoms with Crippen molar-refractivity contribution in [1.29, 1.82) is 0 Å². The van der Waals surface area contributed by atoms with Crippen LogP contribution in [0.2, 0.25) is 0 Å². The zero-order valence-corrected chi connectivity index (χ0v) is 12.6. The number of thiophene rings is 1. The molecule has 3 heterocycles. The number of benzene rings is 1. The lowest BCUT2D eigenvalue weighted by Crippen LogP contribution is -2.20. The Bertz CT molecular complexity index is 768. The van der Waals surface area contributed by atoms with Crippen LogP contribution < -0.4 is 0 Å². The predicted octanol–water partition coefficient (Wildman–Crippen LogP) is 4.40. The highest BCUT2D eigenvalue weighted by Gasteiger charge is 2.40. The number of aliphatic imine (C=N–C) groups is 1. The van der Waals surface area contributed by atoms with E-state index in [4.69, 9.17) is 0 Å². The second-order valence-electron chi connectivity index (χ2n) is 5.54. The first-order valence-corrected chi connectivity index (χ1v) is 8.82. The van der Waals surface area contributed by atoms with Crippen LogP contribution in [0, 0.1) is 5.92 Å². The smallest absolute Gasteiger partial charge is 0.168 e. The molecule has 0 bridgehead atoms. The van der Waals surface area contributed by atoms with Crippen LogP contribution in [0.25, 0.3) is 15.8 Å². The molecule has 3 aliphatic rings. The molecule has 0 amide bonds. The van der Waals surface area contributed by atoms with Gasteiger partial charge in [-0.15, -0.1) is 11.3 Å². The highest BCUT2D eigenvalue weighted by atomic mass is 32.2. The van der Waals surface area contributed by atoms with Crippen LogP contribution in [-0.2, 0) is 0 Å². The fourth-order valence-electron chi connectivity index (χ4n) is 3.10. The molecule has 0 spiro atoms. The molecule has 0 N–H and O–H groups in total. The third kappa shape index (κ3) is 1.55. The van der Waals surface area contributed by atoms with Gasteiger partial charge in [-0.2, -0.15) is 0 Å². The molecule has 2 aromatic rings. The lowest BCUT2D eigenvalue weighted by molar-refractivity contribution is 0.646. The lowest BCUT2D eigenvalue weighted by atomic mass is 10.1. The third-order valence-corrected chi connectivity index (χ3v) is 6.37. The number of allylic oxidation sites excluding steroid dienone is 1. The van der Waals surface area contributed by atoms with Crippen molar-refractivity contribution in [3.8, 4) is 0 Å². The van der Waals surface area contributed by atoms with Crippen molar-refractivity contribution in [3.05, 3.63) is 40.1 Å². The van der Waals surface area contributed by atoms with Gasteiger partial charge in [0.2, 0.25) is 0 Å². The Morgan fingerprint density at radius 2 is 2.15 bits per heavy atom. The molecule has 2 aliphatic heterocycles. The molecule has 0 radical (unpaired) electrons. The van der Waals surface area contributed by atoms with E-state index in [1.54, 1.807) is 4.91 Å². The van der Waals surface area contributed by atoms with Gasteiger partial charge < -0.3 is 4.90 Å². The second kappa shape index (κ2) is 4.12. The quantitative estimate of drug-likeness (QED) is 0.816. The van der Waals surface area contributed by atoms with Crippen molar-refractivity contribution in [2.45, 2.75) is 12.8 Å². The van der Waals surface area contributed by atoms with E-state index in [1.165, 1.54) is 39.4 Å². The number of hydrogen-bond acceptors (Lipinski definition) is 4. The first kappa shape index (κ1) is 11.4. The second-order valence-corrected chi connectivity index (χ2v) is 7.50. The first-order valence-electron chi connectivity index (χ1n) is 7.12. The summed E-state index contributed by atoms with van der Waals surface area (Å²) in [7, 11) is 0. The van der Waals surface area contributed by atoms with Crippen LogP contribution in [0.4, 0.5) is 0 Å². The molecular weight excluding hydrogens is 284 g/mol. The molecule has 1 saturated carbocycles. The van der Waals surface area contributed by atoms with Crippen molar-refractivity contribution in [3.63, 3.8) is 0 Å². The largest absolute Gasteiger partial charge is 0.318 e. The number of hydrogen-bond donors (Lipinski definition) is 0. The Hall–Kier alpha value is -1.26. The maximum atomic E-state index is 4.67. The van der Waals surface area contributed by atoms with Crippen LogP contribution in [0.1, 0.15) is 18.4 Å². The van der Waals surface area contributed by atoms with E-state index in [-0.39, 0.29) is 0 Å². The zero-order chi connectivity index (χ0) is 13.1. The third-order valence-electron chi connectivity index (χ3n) is 4.21.